The SMILES string of the molecule is Cc1c(-c2ccc(NC(=O)OC(C)(C)C)c3cnc(Nc4ccc5c(c4)CN(C)CC5)nc23)cnc2c1N(C(=O)OC(C)(C)C)CCO2. The average molecular weight is 654 g/mol. The van der Waals surface area contributed by atoms with Gasteiger partial charge in [-0.15, -0.1) is 0 Å². The Bertz CT molecular complexity index is 1900. The predicted molar refractivity (Wildman–Crippen MR) is 186 cm³/mol. The van der Waals surface area contributed by atoms with Crippen molar-refractivity contribution in [1.29, 1.82) is 0 Å². The Kier molecular flexibility index (Phi) is 8.63. The molecule has 12 heteroatoms. The van der Waals surface area contributed by atoms with Crippen LogP contribution in [0.4, 0.5) is 32.6 Å². The number of rotatable bonds is 4. The van der Waals surface area contributed by atoms with E-state index >= 15 is 0 Å². The molecule has 0 fully saturated rings. The number of hydrogen-bond donors (Lipinski definition) is 2. The summed E-state index contributed by atoms with van der Waals surface area (Å²) in [7, 11) is 2.12. The molecule has 0 saturated heterocycles. The highest BCUT2D eigenvalue weighted by molar-refractivity contribution is 6.06. The molecule has 2 N–H and O–H groups in total. The highest BCUT2D eigenvalue weighted by Gasteiger charge is 2.32. The largest absolute Gasteiger partial charge is 0.474 e. The zero-order valence-corrected chi connectivity index (χ0v) is 28.9. The molecule has 2 aromatic heterocycles. The lowest BCUT2D eigenvalue weighted by molar-refractivity contribution is 0.0565. The van der Waals surface area contributed by atoms with Gasteiger partial charge in [0, 0.05) is 47.7 Å². The van der Waals surface area contributed by atoms with Crippen molar-refractivity contribution in [2.75, 3.05) is 42.3 Å². The van der Waals surface area contributed by atoms with E-state index in [1.54, 1.807) is 23.4 Å². The summed E-state index contributed by atoms with van der Waals surface area (Å²) in [4.78, 5) is 44.2. The van der Waals surface area contributed by atoms with Gasteiger partial charge in [0.2, 0.25) is 11.8 Å². The van der Waals surface area contributed by atoms with Gasteiger partial charge in [-0.3, -0.25) is 10.2 Å². The fraction of sp³-hybridized carbons (Fsp3) is 0.417. The zero-order chi connectivity index (χ0) is 34.4. The summed E-state index contributed by atoms with van der Waals surface area (Å²) in [5.41, 5.74) is 6.01. The van der Waals surface area contributed by atoms with Crippen LogP contribution < -0.4 is 20.3 Å². The molecule has 0 atom stereocenters. The van der Waals surface area contributed by atoms with Crippen LogP contribution in [0.15, 0.2) is 42.7 Å². The van der Waals surface area contributed by atoms with Gasteiger partial charge in [-0.25, -0.2) is 24.5 Å². The number of fused-ring (bicyclic) bond motifs is 3. The van der Waals surface area contributed by atoms with E-state index in [4.69, 9.17) is 19.2 Å². The molecule has 252 valence electrons. The summed E-state index contributed by atoms with van der Waals surface area (Å²) >= 11 is 0. The molecule has 4 heterocycles. The number of pyridine rings is 1. The minimum absolute atomic E-state index is 0.299. The molecule has 0 spiro atoms. The first-order chi connectivity index (χ1) is 22.6. The van der Waals surface area contributed by atoms with Gasteiger partial charge in [0.1, 0.15) is 23.5 Å². The van der Waals surface area contributed by atoms with E-state index < -0.39 is 23.4 Å². The first kappa shape index (κ1) is 33.0. The first-order valence-electron chi connectivity index (χ1n) is 16.2. The minimum Gasteiger partial charge on any atom is -0.474 e. The van der Waals surface area contributed by atoms with E-state index in [2.05, 4.69) is 44.7 Å². The van der Waals surface area contributed by atoms with Crippen molar-refractivity contribution in [3.8, 4) is 17.0 Å². The molecular formula is C36H43N7O5. The van der Waals surface area contributed by atoms with Crippen molar-refractivity contribution in [1.82, 2.24) is 19.9 Å². The summed E-state index contributed by atoms with van der Waals surface area (Å²) in [6.07, 6.45) is 3.36. The molecule has 2 aliphatic heterocycles. The summed E-state index contributed by atoms with van der Waals surface area (Å²) in [6, 6.07) is 10.0. The molecule has 12 nitrogen and oxygen atoms in total. The standard InChI is InChI=1S/C36H43N7O5/c1-21-26(18-37-31-30(21)43(15-16-46-31)34(45)48-36(5,6)7)25-11-12-28(40-33(44)47-35(2,3)4)27-19-38-32(41-29(25)27)39-24-10-9-22-13-14-42(8)20-23(22)17-24/h9-12,17-19H,13-16,20H2,1-8H3,(H,40,44)(H,38,39,41). The molecule has 48 heavy (non-hydrogen) atoms. The van der Waals surface area contributed by atoms with Crippen molar-refractivity contribution >= 4 is 46.1 Å². The number of carbonyl (C=O) groups excluding carboxylic acids is 2. The number of ether oxygens (including phenoxy) is 3. The lowest BCUT2D eigenvalue weighted by atomic mass is 9.97. The Morgan fingerprint density at radius 3 is 2.44 bits per heavy atom. The second-order valence-corrected chi connectivity index (χ2v) is 14.3. The predicted octanol–water partition coefficient (Wildman–Crippen LogP) is 7.21. The summed E-state index contributed by atoms with van der Waals surface area (Å²) < 4.78 is 17.1. The van der Waals surface area contributed by atoms with E-state index in [1.165, 1.54) is 11.1 Å². The zero-order valence-electron chi connectivity index (χ0n) is 28.9. The van der Waals surface area contributed by atoms with Crippen LogP contribution in [-0.4, -0.2) is 70.0 Å². The lowest BCUT2D eigenvalue weighted by Crippen LogP contribution is -2.42. The molecule has 2 aromatic carbocycles. The van der Waals surface area contributed by atoms with E-state index in [1.807, 2.05) is 60.6 Å². The van der Waals surface area contributed by atoms with Gasteiger partial charge in [0.15, 0.2) is 0 Å². The number of nitrogens with zero attached hydrogens (tertiary/aromatic N) is 5. The van der Waals surface area contributed by atoms with Gasteiger partial charge in [-0.05, 0) is 96.8 Å². The van der Waals surface area contributed by atoms with Gasteiger partial charge >= 0.3 is 12.2 Å². The minimum atomic E-state index is -0.676. The van der Waals surface area contributed by atoms with Crippen LogP contribution in [0.1, 0.15) is 58.2 Å². The Hall–Kier alpha value is -4.97. The Morgan fingerprint density at radius 2 is 1.69 bits per heavy atom. The Morgan fingerprint density at radius 1 is 0.917 bits per heavy atom. The number of hydrogen-bond acceptors (Lipinski definition) is 10. The van der Waals surface area contributed by atoms with Crippen molar-refractivity contribution in [3.63, 3.8) is 0 Å². The second-order valence-electron chi connectivity index (χ2n) is 14.3. The molecular weight excluding hydrogens is 610 g/mol. The van der Waals surface area contributed by atoms with Crippen LogP contribution in [0.3, 0.4) is 0 Å². The maximum atomic E-state index is 13.3. The van der Waals surface area contributed by atoms with E-state index in [0.717, 1.165) is 41.9 Å². The number of carbonyl (C=O) groups is 2. The summed E-state index contributed by atoms with van der Waals surface area (Å²) in [6.45, 7) is 15.4. The molecule has 0 unspecified atom stereocenters. The van der Waals surface area contributed by atoms with E-state index in [-0.39, 0.29) is 0 Å². The maximum Gasteiger partial charge on any atom is 0.415 e. The Labute approximate surface area is 280 Å². The molecule has 6 rings (SSSR count). The van der Waals surface area contributed by atoms with Gasteiger partial charge in [0.25, 0.3) is 0 Å². The third-order valence-electron chi connectivity index (χ3n) is 8.05. The second kappa shape index (κ2) is 12.6. The fourth-order valence-electron chi connectivity index (χ4n) is 5.93. The van der Waals surface area contributed by atoms with Gasteiger partial charge < -0.3 is 24.4 Å². The van der Waals surface area contributed by atoms with Crippen molar-refractivity contribution in [2.24, 2.45) is 0 Å². The van der Waals surface area contributed by atoms with Crippen LogP contribution in [0.5, 0.6) is 5.88 Å². The van der Waals surface area contributed by atoms with Crippen molar-refractivity contribution in [2.45, 2.75) is 72.6 Å². The summed E-state index contributed by atoms with van der Waals surface area (Å²) in [5.74, 6) is 0.750. The molecule has 0 radical (unpaired) electrons. The van der Waals surface area contributed by atoms with Crippen LogP contribution in [0.25, 0.3) is 22.0 Å². The monoisotopic (exact) mass is 653 g/mol. The number of nitrogens with one attached hydrogen (secondary N) is 2. The Balaban J connectivity index is 1.44. The molecule has 0 saturated carbocycles. The highest BCUT2D eigenvalue weighted by atomic mass is 16.6. The molecule has 0 aliphatic carbocycles. The molecule has 2 amide bonds. The van der Waals surface area contributed by atoms with E-state index in [0.29, 0.717) is 47.3 Å². The van der Waals surface area contributed by atoms with Crippen LogP contribution in [0, 0.1) is 6.92 Å². The maximum absolute atomic E-state index is 13.3. The number of benzene rings is 2. The van der Waals surface area contributed by atoms with Crippen LogP contribution in [-0.2, 0) is 22.4 Å². The third-order valence-corrected chi connectivity index (χ3v) is 8.05. The number of likely N-dealkylation sites (N-methyl/N-ethyl adjacent to an activating group) is 1. The molecule has 0 bridgehead atoms. The number of aromatic nitrogens is 3. The molecule has 2 aliphatic rings. The van der Waals surface area contributed by atoms with Crippen molar-refractivity contribution in [3.05, 3.63) is 59.4 Å². The average Bonchev–Trinajstić information content (AvgIpc) is 2.99. The topological polar surface area (TPSA) is 131 Å². The van der Waals surface area contributed by atoms with Gasteiger partial charge in [-0.1, -0.05) is 12.1 Å². The fourth-order valence-corrected chi connectivity index (χ4v) is 5.93. The van der Waals surface area contributed by atoms with Crippen LogP contribution in [0.2, 0.25) is 0 Å². The lowest BCUT2D eigenvalue weighted by Gasteiger charge is -2.32. The highest BCUT2D eigenvalue weighted by Crippen LogP contribution is 2.42. The van der Waals surface area contributed by atoms with E-state index in [9.17, 15) is 9.59 Å². The summed E-state index contributed by atoms with van der Waals surface area (Å²) in [5, 5.41) is 6.85. The first-order valence-corrected chi connectivity index (χ1v) is 16.2. The molecule has 4 aromatic rings. The van der Waals surface area contributed by atoms with Crippen LogP contribution >= 0.6 is 0 Å². The quantitative estimate of drug-likeness (QED) is 0.233. The van der Waals surface area contributed by atoms with Gasteiger partial charge in [0.05, 0.1) is 17.7 Å². The van der Waals surface area contributed by atoms with Crippen molar-refractivity contribution < 1.29 is 23.8 Å². The normalized spacial score (nSPS) is 14.9. The van der Waals surface area contributed by atoms with Gasteiger partial charge in [-0.2, -0.15) is 0 Å². The number of anilines is 4. The third kappa shape index (κ3) is 7.13. The number of amides is 2. The smallest absolute Gasteiger partial charge is 0.415 e.